The Labute approximate surface area is 201 Å². The summed E-state index contributed by atoms with van der Waals surface area (Å²) in [7, 11) is 4.91. The van der Waals surface area contributed by atoms with Gasteiger partial charge in [-0.2, -0.15) is 0 Å². The molecule has 4 rings (SSSR count). The minimum absolute atomic E-state index is 0.0208. The van der Waals surface area contributed by atoms with E-state index in [-0.39, 0.29) is 31.1 Å². The van der Waals surface area contributed by atoms with Gasteiger partial charge >= 0.3 is 0 Å². The van der Waals surface area contributed by atoms with Gasteiger partial charge in [0.05, 0.1) is 13.7 Å². The molecule has 2 aromatic carbocycles. The summed E-state index contributed by atoms with van der Waals surface area (Å²) in [6.45, 7) is 4.52. The Balaban J connectivity index is 1.55. The van der Waals surface area contributed by atoms with Gasteiger partial charge in [0.15, 0.2) is 11.5 Å². The van der Waals surface area contributed by atoms with Crippen LogP contribution in [0.15, 0.2) is 42.5 Å². The van der Waals surface area contributed by atoms with E-state index in [1.54, 1.807) is 21.3 Å². The van der Waals surface area contributed by atoms with Crippen LogP contribution in [0.5, 0.6) is 17.2 Å². The molecule has 2 aliphatic rings. The minimum Gasteiger partial charge on any atom is -0.496 e. The Bertz CT molecular complexity index is 968. The number of ether oxygens (including phenoxy) is 5. The van der Waals surface area contributed by atoms with Gasteiger partial charge in [0, 0.05) is 52.9 Å². The summed E-state index contributed by atoms with van der Waals surface area (Å²) in [6, 6.07) is 14.3. The van der Waals surface area contributed by atoms with E-state index in [9.17, 15) is 4.79 Å². The highest BCUT2D eigenvalue weighted by molar-refractivity contribution is 5.77. The number of para-hydroxylation sites is 1. The molecule has 2 atom stereocenters. The van der Waals surface area contributed by atoms with Gasteiger partial charge in [-0.1, -0.05) is 24.3 Å². The van der Waals surface area contributed by atoms with E-state index in [0.29, 0.717) is 19.7 Å². The van der Waals surface area contributed by atoms with Gasteiger partial charge in [0.25, 0.3) is 0 Å². The number of carbonyl (C=O) groups excluding carboxylic acids is 1. The molecule has 0 N–H and O–H groups in total. The van der Waals surface area contributed by atoms with Gasteiger partial charge in [0.2, 0.25) is 12.7 Å². The van der Waals surface area contributed by atoms with Crippen LogP contribution in [0.2, 0.25) is 0 Å². The van der Waals surface area contributed by atoms with Crippen LogP contribution in [0.4, 0.5) is 0 Å². The van der Waals surface area contributed by atoms with E-state index >= 15 is 0 Å². The summed E-state index contributed by atoms with van der Waals surface area (Å²) >= 11 is 0. The lowest BCUT2D eigenvalue weighted by molar-refractivity contribution is -0.136. The first-order valence-corrected chi connectivity index (χ1v) is 11.6. The molecule has 1 amide bonds. The molecular weight excluding hydrogens is 436 g/mol. The van der Waals surface area contributed by atoms with Gasteiger partial charge in [-0.25, -0.2) is 0 Å². The zero-order valence-corrected chi connectivity index (χ0v) is 20.2. The maximum absolute atomic E-state index is 12.8. The molecule has 1 fully saturated rings. The normalized spacial score (nSPS) is 19.4. The van der Waals surface area contributed by atoms with Crippen LogP contribution in [-0.2, 0) is 20.8 Å². The fraction of sp³-hybridized carbons (Fsp3) is 0.500. The van der Waals surface area contributed by atoms with Gasteiger partial charge in [-0.15, -0.1) is 0 Å². The maximum atomic E-state index is 12.8. The first kappa shape index (κ1) is 24.3. The molecule has 184 valence electrons. The summed E-state index contributed by atoms with van der Waals surface area (Å²) in [4.78, 5) is 17.1. The first-order chi connectivity index (χ1) is 16.6. The first-order valence-electron chi connectivity index (χ1n) is 11.6. The molecule has 2 aromatic rings. The molecule has 0 aliphatic carbocycles. The predicted molar refractivity (Wildman–Crippen MR) is 127 cm³/mol. The lowest BCUT2D eigenvalue weighted by Gasteiger charge is -2.29. The predicted octanol–water partition coefficient (Wildman–Crippen LogP) is 2.76. The van der Waals surface area contributed by atoms with Crippen molar-refractivity contribution in [3.8, 4) is 17.2 Å². The van der Waals surface area contributed by atoms with Crippen LogP contribution in [0.1, 0.15) is 17.0 Å². The van der Waals surface area contributed by atoms with Crippen molar-refractivity contribution in [3.63, 3.8) is 0 Å². The van der Waals surface area contributed by atoms with E-state index in [0.717, 1.165) is 36.9 Å². The topological polar surface area (TPSA) is 69.7 Å². The number of likely N-dealkylation sites (tertiary alicyclic amines) is 1. The van der Waals surface area contributed by atoms with Gasteiger partial charge < -0.3 is 28.6 Å². The third kappa shape index (κ3) is 5.63. The monoisotopic (exact) mass is 470 g/mol. The molecule has 8 nitrogen and oxygen atoms in total. The molecule has 2 heterocycles. The zero-order valence-electron chi connectivity index (χ0n) is 20.2. The Morgan fingerprint density at radius 2 is 1.88 bits per heavy atom. The number of nitrogens with zero attached hydrogens (tertiary/aromatic N) is 2. The van der Waals surface area contributed by atoms with E-state index in [1.807, 2.05) is 29.2 Å². The molecule has 1 saturated heterocycles. The van der Waals surface area contributed by atoms with E-state index in [4.69, 9.17) is 23.7 Å². The Morgan fingerprint density at radius 3 is 2.68 bits per heavy atom. The number of hydrogen-bond acceptors (Lipinski definition) is 7. The molecule has 0 spiro atoms. The van der Waals surface area contributed by atoms with E-state index < -0.39 is 0 Å². The SMILES string of the molecule is COCCN(C[C@@H]1CN(Cc2ccc3c(c2)OCO3)C[C@@H]1c1ccccc1OC)C(=O)COC. The van der Waals surface area contributed by atoms with Crippen LogP contribution >= 0.6 is 0 Å². The van der Waals surface area contributed by atoms with Crippen LogP contribution in [0.3, 0.4) is 0 Å². The minimum atomic E-state index is -0.0208. The summed E-state index contributed by atoms with van der Waals surface area (Å²) in [6.07, 6.45) is 0. The summed E-state index contributed by atoms with van der Waals surface area (Å²) in [5.74, 6) is 2.92. The van der Waals surface area contributed by atoms with Crippen molar-refractivity contribution >= 4 is 5.91 Å². The van der Waals surface area contributed by atoms with Crippen LogP contribution in [0, 0.1) is 5.92 Å². The second-order valence-electron chi connectivity index (χ2n) is 8.76. The highest BCUT2D eigenvalue weighted by atomic mass is 16.7. The third-order valence-corrected chi connectivity index (χ3v) is 6.54. The Kier molecular flexibility index (Phi) is 8.26. The average Bonchev–Trinajstić information content (AvgIpc) is 3.48. The molecule has 0 bridgehead atoms. The Morgan fingerprint density at radius 1 is 1.06 bits per heavy atom. The largest absolute Gasteiger partial charge is 0.496 e. The molecular formula is C26H34N2O6. The molecule has 2 aliphatic heterocycles. The summed E-state index contributed by atoms with van der Waals surface area (Å²) in [5.41, 5.74) is 2.35. The quantitative estimate of drug-likeness (QED) is 0.500. The molecule has 0 unspecified atom stereocenters. The van der Waals surface area contributed by atoms with Crippen molar-refractivity contribution in [2.24, 2.45) is 5.92 Å². The maximum Gasteiger partial charge on any atom is 0.248 e. The van der Waals surface area contributed by atoms with Crippen molar-refractivity contribution < 1.29 is 28.5 Å². The van der Waals surface area contributed by atoms with Crippen molar-refractivity contribution in [3.05, 3.63) is 53.6 Å². The van der Waals surface area contributed by atoms with Gasteiger partial charge in [-0.05, 0) is 35.2 Å². The molecule has 0 radical (unpaired) electrons. The smallest absolute Gasteiger partial charge is 0.248 e. The molecule has 0 aromatic heterocycles. The van der Waals surface area contributed by atoms with E-state index in [2.05, 4.69) is 23.1 Å². The number of carbonyl (C=O) groups is 1. The number of rotatable bonds is 11. The number of methoxy groups -OCH3 is 3. The molecule has 8 heteroatoms. The summed E-state index contributed by atoms with van der Waals surface area (Å²) < 4.78 is 27.1. The van der Waals surface area contributed by atoms with Crippen LogP contribution in [-0.4, -0.2) is 83.2 Å². The zero-order chi connectivity index (χ0) is 23.9. The summed E-state index contributed by atoms with van der Waals surface area (Å²) in [5, 5.41) is 0. The van der Waals surface area contributed by atoms with Crippen LogP contribution in [0.25, 0.3) is 0 Å². The second-order valence-corrected chi connectivity index (χ2v) is 8.76. The lowest BCUT2D eigenvalue weighted by atomic mass is 9.88. The van der Waals surface area contributed by atoms with Crippen LogP contribution < -0.4 is 14.2 Å². The van der Waals surface area contributed by atoms with E-state index in [1.165, 1.54) is 11.1 Å². The number of hydrogen-bond donors (Lipinski definition) is 0. The lowest BCUT2D eigenvalue weighted by Crippen LogP contribution is -2.41. The fourth-order valence-corrected chi connectivity index (χ4v) is 4.91. The van der Waals surface area contributed by atoms with Gasteiger partial charge in [-0.3, -0.25) is 9.69 Å². The second kappa shape index (κ2) is 11.6. The number of benzene rings is 2. The van der Waals surface area contributed by atoms with Crippen molar-refractivity contribution in [1.29, 1.82) is 0 Å². The fourth-order valence-electron chi connectivity index (χ4n) is 4.91. The standard InChI is InChI=1S/C26H34N2O6/c1-30-11-10-28(26(29)17-31-2)15-20-14-27(13-19-8-9-24-25(12-19)34-18-33-24)16-22(20)21-6-4-5-7-23(21)32-3/h4-9,12,20,22H,10-11,13-18H2,1-3H3/t20-,22-/m0/s1. The van der Waals surface area contributed by atoms with Crippen molar-refractivity contribution in [1.82, 2.24) is 9.80 Å². The van der Waals surface area contributed by atoms with Gasteiger partial charge in [0.1, 0.15) is 12.4 Å². The van der Waals surface area contributed by atoms with Crippen molar-refractivity contribution in [2.45, 2.75) is 12.5 Å². The highest BCUT2D eigenvalue weighted by Crippen LogP contribution is 2.39. The van der Waals surface area contributed by atoms with Crippen molar-refractivity contribution in [2.75, 3.05) is 67.5 Å². The third-order valence-electron chi connectivity index (χ3n) is 6.54. The molecule has 0 saturated carbocycles. The Hall–Kier alpha value is -2.81. The molecule has 34 heavy (non-hydrogen) atoms. The average molecular weight is 471 g/mol. The number of amides is 1. The highest BCUT2D eigenvalue weighted by Gasteiger charge is 2.37. The number of fused-ring (bicyclic) bond motifs is 1.